The van der Waals surface area contributed by atoms with Gasteiger partial charge in [-0.25, -0.2) is 8.42 Å². The molecule has 0 amide bonds. The van der Waals surface area contributed by atoms with Crippen molar-refractivity contribution in [1.82, 2.24) is 5.32 Å². The Morgan fingerprint density at radius 1 is 1.62 bits per heavy atom. The Morgan fingerprint density at radius 3 is 2.62 bits per heavy atom. The highest BCUT2D eigenvalue weighted by molar-refractivity contribution is 7.90. The Balaban J connectivity index is 0.00000144. The van der Waals surface area contributed by atoms with Crippen LogP contribution >= 0.6 is 12.4 Å². The number of sulfone groups is 1. The van der Waals surface area contributed by atoms with E-state index in [9.17, 15) is 13.5 Å². The highest BCUT2D eigenvalue weighted by Gasteiger charge is 2.25. The number of hydrogen-bond acceptors (Lipinski definition) is 4. The summed E-state index contributed by atoms with van der Waals surface area (Å²) in [5.41, 5.74) is 0. The van der Waals surface area contributed by atoms with Gasteiger partial charge in [-0.05, 0) is 19.4 Å². The molecule has 0 bridgehead atoms. The van der Waals surface area contributed by atoms with Crippen LogP contribution in [-0.4, -0.2) is 44.2 Å². The zero-order valence-corrected chi connectivity index (χ0v) is 9.20. The summed E-state index contributed by atoms with van der Waals surface area (Å²) in [5, 5.41) is 12.5. The minimum atomic E-state index is -3.05. The Labute approximate surface area is 85.0 Å². The van der Waals surface area contributed by atoms with Crippen molar-refractivity contribution in [3.05, 3.63) is 0 Å². The molecule has 1 fully saturated rings. The van der Waals surface area contributed by atoms with Crippen molar-refractivity contribution in [3.8, 4) is 0 Å². The van der Waals surface area contributed by atoms with E-state index in [1.165, 1.54) is 0 Å². The highest BCUT2D eigenvalue weighted by Crippen LogP contribution is 2.10. The first-order chi connectivity index (χ1) is 5.49. The van der Waals surface area contributed by atoms with Gasteiger partial charge in [-0.2, -0.15) is 0 Å². The summed E-state index contributed by atoms with van der Waals surface area (Å²) in [6.45, 7) is 0.880. The number of aliphatic hydroxyl groups is 1. The lowest BCUT2D eigenvalue weighted by Crippen LogP contribution is -2.39. The molecule has 1 rings (SSSR count). The van der Waals surface area contributed by atoms with Crippen LogP contribution in [0.1, 0.15) is 12.8 Å². The van der Waals surface area contributed by atoms with E-state index in [1.807, 2.05) is 0 Å². The van der Waals surface area contributed by atoms with E-state index < -0.39 is 15.9 Å². The summed E-state index contributed by atoms with van der Waals surface area (Å²) in [6, 6.07) is -0.0280. The van der Waals surface area contributed by atoms with Crippen LogP contribution in [0.3, 0.4) is 0 Å². The molecule has 4 nitrogen and oxygen atoms in total. The molecular formula is C7H16ClNO3S. The zero-order chi connectivity index (χ0) is 9.19. The van der Waals surface area contributed by atoms with E-state index in [0.717, 1.165) is 25.6 Å². The fourth-order valence-corrected chi connectivity index (χ4v) is 2.32. The van der Waals surface area contributed by atoms with Gasteiger partial charge in [0.15, 0.2) is 0 Å². The molecule has 0 aromatic rings. The Kier molecular flexibility index (Phi) is 5.21. The second-order valence-electron chi connectivity index (χ2n) is 3.36. The third kappa shape index (κ3) is 4.81. The van der Waals surface area contributed by atoms with Crippen LogP contribution in [0.2, 0.25) is 0 Å². The summed E-state index contributed by atoms with van der Waals surface area (Å²) in [6.07, 6.45) is 2.29. The van der Waals surface area contributed by atoms with Gasteiger partial charge in [-0.3, -0.25) is 0 Å². The first-order valence-electron chi connectivity index (χ1n) is 4.08. The second kappa shape index (κ2) is 5.14. The van der Waals surface area contributed by atoms with E-state index in [-0.39, 0.29) is 24.2 Å². The van der Waals surface area contributed by atoms with E-state index in [4.69, 9.17) is 0 Å². The summed E-state index contributed by atoms with van der Waals surface area (Å²) in [7, 11) is -3.05. The SMILES string of the molecule is CS(=O)(=O)CC(O)C1CCCN1.Cl. The Morgan fingerprint density at radius 2 is 2.23 bits per heavy atom. The van der Waals surface area contributed by atoms with Crippen LogP contribution in [0.4, 0.5) is 0 Å². The van der Waals surface area contributed by atoms with Crippen molar-refractivity contribution >= 4 is 22.2 Å². The number of halogens is 1. The molecule has 0 radical (unpaired) electrons. The molecule has 0 spiro atoms. The predicted octanol–water partition coefficient (Wildman–Crippen LogP) is -0.434. The lowest BCUT2D eigenvalue weighted by molar-refractivity contribution is 0.157. The molecule has 0 aliphatic carbocycles. The van der Waals surface area contributed by atoms with E-state index in [1.54, 1.807) is 0 Å². The molecule has 1 heterocycles. The van der Waals surface area contributed by atoms with Gasteiger partial charge in [-0.1, -0.05) is 0 Å². The molecule has 1 saturated heterocycles. The summed E-state index contributed by atoms with van der Waals surface area (Å²) < 4.78 is 21.6. The third-order valence-electron chi connectivity index (χ3n) is 2.04. The van der Waals surface area contributed by atoms with Gasteiger partial charge < -0.3 is 10.4 Å². The standard InChI is InChI=1S/C7H15NO3S.ClH/c1-12(10,11)5-7(9)6-3-2-4-8-6;/h6-9H,2-5H2,1H3;1H. The molecule has 1 aliphatic rings. The van der Waals surface area contributed by atoms with Crippen molar-refractivity contribution in [1.29, 1.82) is 0 Å². The van der Waals surface area contributed by atoms with Gasteiger partial charge in [-0.15, -0.1) is 12.4 Å². The van der Waals surface area contributed by atoms with Gasteiger partial charge in [0.25, 0.3) is 0 Å². The topological polar surface area (TPSA) is 66.4 Å². The van der Waals surface area contributed by atoms with Gasteiger partial charge >= 0.3 is 0 Å². The number of rotatable bonds is 3. The van der Waals surface area contributed by atoms with Crippen molar-refractivity contribution < 1.29 is 13.5 Å². The van der Waals surface area contributed by atoms with Crippen LogP contribution in [-0.2, 0) is 9.84 Å². The van der Waals surface area contributed by atoms with Gasteiger partial charge in [0.05, 0.1) is 11.9 Å². The zero-order valence-electron chi connectivity index (χ0n) is 7.56. The van der Waals surface area contributed by atoms with Crippen molar-refractivity contribution in [2.24, 2.45) is 0 Å². The molecule has 6 heteroatoms. The average molecular weight is 230 g/mol. The van der Waals surface area contributed by atoms with E-state index in [0.29, 0.717) is 0 Å². The molecule has 0 aromatic carbocycles. The van der Waals surface area contributed by atoms with Crippen LogP contribution in [0.15, 0.2) is 0 Å². The lowest BCUT2D eigenvalue weighted by atomic mass is 10.1. The second-order valence-corrected chi connectivity index (χ2v) is 5.55. The van der Waals surface area contributed by atoms with Crippen molar-refractivity contribution in [2.75, 3.05) is 18.6 Å². The van der Waals surface area contributed by atoms with Crippen molar-refractivity contribution in [2.45, 2.75) is 25.0 Å². The molecule has 2 N–H and O–H groups in total. The van der Waals surface area contributed by atoms with Crippen molar-refractivity contribution in [3.63, 3.8) is 0 Å². The third-order valence-corrected chi connectivity index (χ3v) is 2.98. The predicted molar refractivity (Wildman–Crippen MR) is 54.0 cm³/mol. The van der Waals surface area contributed by atoms with Gasteiger partial charge in [0.2, 0.25) is 0 Å². The Bertz CT molecular complexity index is 236. The first kappa shape index (κ1) is 13.2. The maximum Gasteiger partial charge on any atom is 0.150 e. The molecule has 1 aliphatic heterocycles. The number of aliphatic hydroxyl groups excluding tert-OH is 1. The lowest BCUT2D eigenvalue weighted by Gasteiger charge is -2.16. The van der Waals surface area contributed by atoms with Gasteiger partial charge in [0.1, 0.15) is 9.84 Å². The maximum absolute atomic E-state index is 10.8. The normalized spacial score (nSPS) is 25.2. The molecule has 13 heavy (non-hydrogen) atoms. The fourth-order valence-electron chi connectivity index (χ4n) is 1.47. The van der Waals surface area contributed by atoms with Crippen LogP contribution in [0.5, 0.6) is 0 Å². The molecule has 0 saturated carbocycles. The summed E-state index contributed by atoms with van der Waals surface area (Å²) in [5.74, 6) is -0.134. The monoisotopic (exact) mass is 229 g/mol. The smallest absolute Gasteiger partial charge is 0.150 e. The molecular weight excluding hydrogens is 214 g/mol. The minimum absolute atomic E-state index is 0. The minimum Gasteiger partial charge on any atom is -0.390 e. The van der Waals surface area contributed by atoms with E-state index >= 15 is 0 Å². The highest BCUT2D eigenvalue weighted by atomic mass is 35.5. The first-order valence-corrected chi connectivity index (χ1v) is 6.14. The molecule has 2 unspecified atom stereocenters. The molecule has 0 aromatic heterocycles. The van der Waals surface area contributed by atoms with Crippen LogP contribution < -0.4 is 5.32 Å². The van der Waals surface area contributed by atoms with E-state index in [2.05, 4.69) is 5.32 Å². The van der Waals surface area contributed by atoms with Crippen LogP contribution in [0, 0.1) is 0 Å². The summed E-state index contributed by atoms with van der Waals surface area (Å²) in [4.78, 5) is 0. The molecule has 80 valence electrons. The fraction of sp³-hybridized carbons (Fsp3) is 1.00. The largest absolute Gasteiger partial charge is 0.390 e. The number of hydrogen-bond donors (Lipinski definition) is 2. The summed E-state index contributed by atoms with van der Waals surface area (Å²) >= 11 is 0. The Hall–Kier alpha value is 0.160. The van der Waals surface area contributed by atoms with Gasteiger partial charge in [0, 0.05) is 12.3 Å². The molecule has 2 atom stereocenters. The maximum atomic E-state index is 10.8. The van der Waals surface area contributed by atoms with Crippen LogP contribution in [0.25, 0.3) is 0 Å². The average Bonchev–Trinajstić information content (AvgIpc) is 2.32. The number of nitrogens with one attached hydrogen (secondary N) is 1. The quantitative estimate of drug-likeness (QED) is 0.689.